The van der Waals surface area contributed by atoms with Crippen molar-refractivity contribution in [1.29, 1.82) is 0 Å². The predicted octanol–water partition coefficient (Wildman–Crippen LogP) is 2.24. The zero-order chi connectivity index (χ0) is 12.8. The highest BCUT2D eigenvalue weighted by molar-refractivity contribution is 9.10. The van der Waals surface area contributed by atoms with Gasteiger partial charge in [0.15, 0.2) is 11.5 Å². The Labute approximate surface area is 110 Å². The summed E-state index contributed by atoms with van der Waals surface area (Å²) in [7, 11) is 1.59. The molecule has 17 heavy (non-hydrogen) atoms. The molecular formula is C12H18BrNO3. The Hall–Kier alpha value is -0.780. The summed E-state index contributed by atoms with van der Waals surface area (Å²) in [4.78, 5) is 0. The molecular weight excluding hydrogens is 286 g/mol. The van der Waals surface area contributed by atoms with E-state index < -0.39 is 0 Å². The van der Waals surface area contributed by atoms with Gasteiger partial charge in [0.05, 0.1) is 18.2 Å². The number of benzene rings is 1. The van der Waals surface area contributed by atoms with Gasteiger partial charge in [0, 0.05) is 12.6 Å². The van der Waals surface area contributed by atoms with Crippen LogP contribution in [0.4, 0.5) is 0 Å². The van der Waals surface area contributed by atoms with Crippen molar-refractivity contribution in [3.05, 3.63) is 22.2 Å². The van der Waals surface area contributed by atoms with Crippen LogP contribution in [-0.4, -0.2) is 25.4 Å². The first kappa shape index (κ1) is 14.3. The maximum Gasteiger partial charge on any atom is 0.175 e. The van der Waals surface area contributed by atoms with Crippen LogP contribution in [-0.2, 0) is 0 Å². The Bertz CT molecular complexity index is 371. The predicted molar refractivity (Wildman–Crippen MR) is 70.5 cm³/mol. The molecule has 0 fully saturated rings. The lowest BCUT2D eigenvalue weighted by molar-refractivity contribution is 0.276. The van der Waals surface area contributed by atoms with Crippen molar-refractivity contribution >= 4 is 15.9 Å². The van der Waals surface area contributed by atoms with Gasteiger partial charge in [-0.25, -0.2) is 0 Å². The molecule has 0 bridgehead atoms. The molecule has 3 N–H and O–H groups in total. The van der Waals surface area contributed by atoms with Crippen LogP contribution in [0.3, 0.4) is 0 Å². The Morgan fingerprint density at radius 2 is 2.18 bits per heavy atom. The van der Waals surface area contributed by atoms with E-state index in [2.05, 4.69) is 15.9 Å². The molecule has 0 heterocycles. The van der Waals surface area contributed by atoms with E-state index in [4.69, 9.17) is 20.3 Å². The van der Waals surface area contributed by atoms with Crippen molar-refractivity contribution < 1.29 is 14.6 Å². The van der Waals surface area contributed by atoms with Crippen molar-refractivity contribution in [2.24, 2.45) is 5.73 Å². The van der Waals surface area contributed by atoms with Gasteiger partial charge in [0.25, 0.3) is 0 Å². The summed E-state index contributed by atoms with van der Waals surface area (Å²) in [6, 6.07) is 3.53. The van der Waals surface area contributed by atoms with Crippen molar-refractivity contribution in [2.75, 3.05) is 20.3 Å². The van der Waals surface area contributed by atoms with E-state index >= 15 is 0 Å². The topological polar surface area (TPSA) is 64.7 Å². The average Bonchev–Trinajstić information content (AvgIpc) is 2.31. The summed E-state index contributed by atoms with van der Waals surface area (Å²) in [5.74, 6) is 1.32. The zero-order valence-corrected chi connectivity index (χ0v) is 11.7. The quantitative estimate of drug-likeness (QED) is 0.846. The van der Waals surface area contributed by atoms with Gasteiger partial charge in [-0.05, 0) is 47.0 Å². The standard InChI is InChI=1S/C12H18BrNO3/c1-3-17-12-9(13)6-8(7-11(12)16-2)10(14)4-5-15/h6-7,10,15H,3-5,14H2,1-2H3. The Kier molecular flexibility index (Phi) is 5.74. The number of halogens is 1. The molecule has 1 aromatic carbocycles. The first-order valence-corrected chi connectivity index (χ1v) is 6.30. The van der Waals surface area contributed by atoms with Crippen molar-refractivity contribution in [3.8, 4) is 11.5 Å². The molecule has 0 aliphatic carbocycles. The number of methoxy groups -OCH3 is 1. The van der Waals surface area contributed by atoms with E-state index in [1.807, 2.05) is 19.1 Å². The molecule has 1 atom stereocenters. The molecule has 0 aliphatic heterocycles. The van der Waals surface area contributed by atoms with Crippen LogP contribution in [0.25, 0.3) is 0 Å². The van der Waals surface area contributed by atoms with E-state index in [1.165, 1.54) is 0 Å². The normalized spacial score (nSPS) is 12.3. The van der Waals surface area contributed by atoms with Gasteiger partial charge >= 0.3 is 0 Å². The Balaban J connectivity index is 3.07. The number of ether oxygens (including phenoxy) is 2. The number of aliphatic hydroxyl groups is 1. The zero-order valence-electron chi connectivity index (χ0n) is 10.1. The molecule has 96 valence electrons. The second-order valence-corrected chi connectivity index (χ2v) is 4.44. The Morgan fingerprint density at radius 1 is 1.47 bits per heavy atom. The van der Waals surface area contributed by atoms with Crippen LogP contribution < -0.4 is 15.2 Å². The molecule has 1 aromatic rings. The third kappa shape index (κ3) is 3.59. The fraction of sp³-hybridized carbons (Fsp3) is 0.500. The highest BCUT2D eigenvalue weighted by Gasteiger charge is 2.14. The number of rotatable bonds is 6. The van der Waals surface area contributed by atoms with E-state index in [9.17, 15) is 0 Å². The number of aliphatic hydroxyl groups excluding tert-OH is 1. The lowest BCUT2D eigenvalue weighted by Gasteiger charge is -2.16. The monoisotopic (exact) mass is 303 g/mol. The second-order valence-electron chi connectivity index (χ2n) is 3.59. The Morgan fingerprint density at radius 3 is 2.71 bits per heavy atom. The third-order valence-electron chi connectivity index (χ3n) is 2.41. The molecule has 4 nitrogen and oxygen atoms in total. The van der Waals surface area contributed by atoms with E-state index in [0.717, 1.165) is 10.0 Å². The summed E-state index contributed by atoms with van der Waals surface area (Å²) in [5.41, 5.74) is 6.85. The maximum absolute atomic E-state index is 8.88. The van der Waals surface area contributed by atoms with Crippen molar-refractivity contribution in [2.45, 2.75) is 19.4 Å². The fourth-order valence-corrected chi connectivity index (χ4v) is 2.12. The highest BCUT2D eigenvalue weighted by atomic mass is 79.9. The van der Waals surface area contributed by atoms with Gasteiger partial charge < -0.3 is 20.3 Å². The van der Waals surface area contributed by atoms with Gasteiger partial charge in [0.1, 0.15) is 0 Å². The minimum Gasteiger partial charge on any atom is -0.493 e. The van der Waals surface area contributed by atoms with Crippen LogP contribution in [0.1, 0.15) is 24.9 Å². The van der Waals surface area contributed by atoms with Crippen LogP contribution in [0, 0.1) is 0 Å². The minimum atomic E-state index is -0.208. The van der Waals surface area contributed by atoms with Gasteiger partial charge in [-0.1, -0.05) is 0 Å². The summed E-state index contributed by atoms with van der Waals surface area (Å²) in [5, 5.41) is 8.88. The van der Waals surface area contributed by atoms with Crippen LogP contribution >= 0.6 is 15.9 Å². The number of hydrogen-bond acceptors (Lipinski definition) is 4. The minimum absolute atomic E-state index is 0.0638. The van der Waals surface area contributed by atoms with Crippen LogP contribution in [0.5, 0.6) is 11.5 Å². The fourth-order valence-electron chi connectivity index (χ4n) is 1.54. The van der Waals surface area contributed by atoms with Crippen molar-refractivity contribution in [1.82, 2.24) is 0 Å². The molecule has 0 saturated heterocycles. The molecule has 0 amide bonds. The summed E-state index contributed by atoms with van der Waals surface area (Å²) < 4.78 is 11.6. The average molecular weight is 304 g/mol. The molecule has 0 radical (unpaired) electrons. The molecule has 1 rings (SSSR count). The lowest BCUT2D eigenvalue weighted by Crippen LogP contribution is -2.12. The first-order valence-electron chi connectivity index (χ1n) is 5.50. The molecule has 0 saturated carbocycles. The van der Waals surface area contributed by atoms with E-state index in [-0.39, 0.29) is 12.6 Å². The second kappa shape index (κ2) is 6.83. The molecule has 0 spiro atoms. The number of nitrogens with two attached hydrogens (primary N) is 1. The maximum atomic E-state index is 8.88. The number of hydrogen-bond donors (Lipinski definition) is 2. The molecule has 1 unspecified atom stereocenters. The smallest absolute Gasteiger partial charge is 0.175 e. The summed E-state index contributed by atoms with van der Waals surface area (Å²) in [6.07, 6.45) is 0.517. The molecule has 5 heteroatoms. The van der Waals surface area contributed by atoms with Gasteiger partial charge in [-0.2, -0.15) is 0 Å². The third-order valence-corrected chi connectivity index (χ3v) is 3.00. The highest BCUT2D eigenvalue weighted by Crippen LogP contribution is 2.38. The lowest BCUT2D eigenvalue weighted by atomic mass is 10.0. The van der Waals surface area contributed by atoms with Gasteiger partial charge in [0.2, 0.25) is 0 Å². The summed E-state index contributed by atoms with van der Waals surface area (Å²) >= 11 is 3.44. The van der Waals surface area contributed by atoms with Crippen LogP contribution in [0.2, 0.25) is 0 Å². The summed E-state index contributed by atoms with van der Waals surface area (Å²) in [6.45, 7) is 2.54. The largest absolute Gasteiger partial charge is 0.493 e. The van der Waals surface area contributed by atoms with E-state index in [0.29, 0.717) is 24.5 Å². The molecule has 0 aromatic heterocycles. The molecule has 0 aliphatic rings. The SMILES string of the molecule is CCOc1c(Br)cc(C(N)CCO)cc1OC. The van der Waals surface area contributed by atoms with Gasteiger partial charge in [-0.3, -0.25) is 0 Å². The van der Waals surface area contributed by atoms with E-state index in [1.54, 1.807) is 7.11 Å². The van der Waals surface area contributed by atoms with Crippen LogP contribution in [0.15, 0.2) is 16.6 Å². The van der Waals surface area contributed by atoms with Gasteiger partial charge in [-0.15, -0.1) is 0 Å². The first-order chi connectivity index (χ1) is 8.13. The van der Waals surface area contributed by atoms with Crippen molar-refractivity contribution in [3.63, 3.8) is 0 Å².